The van der Waals surface area contributed by atoms with Gasteiger partial charge in [0, 0.05) is 24.4 Å². The topological polar surface area (TPSA) is 41.1 Å². The van der Waals surface area contributed by atoms with E-state index >= 15 is 0 Å². The average molecular weight is 373 g/mol. The summed E-state index contributed by atoms with van der Waals surface area (Å²) in [6.07, 6.45) is 2.80. The first-order chi connectivity index (χ1) is 12.2. The number of piperidine rings is 1. The van der Waals surface area contributed by atoms with Crippen molar-refractivity contribution in [2.75, 3.05) is 13.1 Å². The predicted molar refractivity (Wildman–Crippen MR) is 110 cm³/mol. The summed E-state index contributed by atoms with van der Waals surface area (Å²) in [6, 6.07) is 21.4. The number of benzene rings is 2. The zero-order chi connectivity index (χ0) is 17.5. The summed E-state index contributed by atoms with van der Waals surface area (Å²) in [5.41, 5.74) is 2.59. The van der Waals surface area contributed by atoms with E-state index in [9.17, 15) is 4.79 Å². The molecule has 0 saturated carbocycles. The summed E-state index contributed by atoms with van der Waals surface area (Å²) in [4.78, 5) is 12.6. The number of halogens is 1. The number of amides is 1. The maximum absolute atomic E-state index is 12.6. The lowest BCUT2D eigenvalue weighted by Crippen LogP contribution is -2.43. The van der Waals surface area contributed by atoms with E-state index in [-0.39, 0.29) is 24.2 Å². The standard InChI is InChI=1S/C22H28N2O.ClH/c1-17-14-20(12-13-23-17)22(25)24-16-21(19-10-6-3-7-11-19)15-18-8-4-2-5-9-18;/h2-11,17,20-21,23H,12-16H2,1H3,(H,24,25);1H/t17-,20-,21?;/m0./s1. The van der Waals surface area contributed by atoms with Crippen molar-refractivity contribution in [3.63, 3.8) is 0 Å². The molecule has 1 unspecified atom stereocenters. The van der Waals surface area contributed by atoms with Crippen molar-refractivity contribution < 1.29 is 4.79 Å². The highest BCUT2D eigenvalue weighted by atomic mass is 35.5. The summed E-state index contributed by atoms with van der Waals surface area (Å²) in [6.45, 7) is 3.78. The van der Waals surface area contributed by atoms with E-state index in [4.69, 9.17) is 0 Å². The molecule has 26 heavy (non-hydrogen) atoms. The Kier molecular flexibility index (Phi) is 8.14. The zero-order valence-corrected chi connectivity index (χ0v) is 16.2. The maximum Gasteiger partial charge on any atom is 0.223 e. The molecule has 2 aromatic carbocycles. The van der Waals surface area contributed by atoms with Gasteiger partial charge >= 0.3 is 0 Å². The van der Waals surface area contributed by atoms with Gasteiger partial charge in [0.1, 0.15) is 0 Å². The van der Waals surface area contributed by atoms with Crippen molar-refractivity contribution in [3.05, 3.63) is 71.8 Å². The summed E-state index contributed by atoms with van der Waals surface area (Å²) in [5.74, 6) is 0.651. The van der Waals surface area contributed by atoms with Gasteiger partial charge in [0.2, 0.25) is 5.91 Å². The molecule has 3 rings (SSSR count). The molecule has 1 heterocycles. The normalized spacial score (nSPS) is 20.7. The molecular weight excluding hydrogens is 344 g/mol. The quantitative estimate of drug-likeness (QED) is 0.806. The van der Waals surface area contributed by atoms with Crippen LogP contribution in [0.1, 0.15) is 36.8 Å². The highest BCUT2D eigenvalue weighted by Gasteiger charge is 2.25. The van der Waals surface area contributed by atoms with E-state index in [0.29, 0.717) is 18.5 Å². The van der Waals surface area contributed by atoms with Gasteiger partial charge in [-0.2, -0.15) is 0 Å². The van der Waals surface area contributed by atoms with Crippen LogP contribution in [-0.4, -0.2) is 25.0 Å². The van der Waals surface area contributed by atoms with Crippen molar-refractivity contribution in [2.45, 2.75) is 38.1 Å². The molecular formula is C22H29ClN2O. The van der Waals surface area contributed by atoms with Crippen molar-refractivity contribution in [1.82, 2.24) is 10.6 Å². The smallest absolute Gasteiger partial charge is 0.223 e. The molecule has 0 bridgehead atoms. The van der Waals surface area contributed by atoms with Crippen LogP contribution in [0.4, 0.5) is 0 Å². The molecule has 1 amide bonds. The van der Waals surface area contributed by atoms with Gasteiger partial charge in [0.05, 0.1) is 0 Å². The molecule has 1 fully saturated rings. The lowest BCUT2D eigenvalue weighted by atomic mass is 9.90. The Morgan fingerprint density at radius 2 is 1.77 bits per heavy atom. The van der Waals surface area contributed by atoms with E-state index in [1.54, 1.807) is 0 Å². The van der Waals surface area contributed by atoms with Crippen molar-refractivity contribution in [3.8, 4) is 0 Å². The van der Waals surface area contributed by atoms with E-state index < -0.39 is 0 Å². The number of nitrogens with one attached hydrogen (secondary N) is 2. The molecule has 0 spiro atoms. The van der Waals surface area contributed by atoms with Crippen molar-refractivity contribution >= 4 is 18.3 Å². The van der Waals surface area contributed by atoms with Gasteiger partial charge in [0.25, 0.3) is 0 Å². The molecule has 2 aromatic rings. The second kappa shape index (κ2) is 10.3. The first-order valence-corrected chi connectivity index (χ1v) is 9.32. The third kappa shape index (κ3) is 5.86. The fourth-order valence-corrected chi connectivity index (χ4v) is 3.67. The van der Waals surface area contributed by atoms with Crippen LogP contribution in [0.25, 0.3) is 0 Å². The number of carbonyl (C=O) groups is 1. The Morgan fingerprint density at radius 1 is 1.12 bits per heavy atom. The molecule has 1 aliphatic heterocycles. The van der Waals surface area contributed by atoms with Gasteiger partial charge in [-0.25, -0.2) is 0 Å². The SMILES string of the molecule is C[C@H]1C[C@@H](C(=O)NCC(Cc2ccccc2)c2ccccc2)CCN1.Cl. The predicted octanol–water partition coefficient (Wildman–Crippen LogP) is 3.94. The van der Waals surface area contributed by atoms with Crippen molar-refractivity contribution in [1.29, 1.82) is 0 Å². The van der Waals surface area contributed by atoms with Gasteiger partial charge in [-0.05, 0) is 43.9 Å². The lowest BCUT2D eigenvalue weighted by molar-refractivity contribution is -0.126. The van der Waals surface area contributed by atoms with Gasteiger partial charge in [-0.1, -0.05) is 60.7 Å². The van der Waals surface area contributed by atoms with E-state index in [2.05, 4.69) is 66.1 Å². The molecule has 0 radical (unpaired) electrons. The molecule has 3 atom stereocenters. The Hall–Kier alpha value is -1.84. The molecule has 4 heteroatoms. The fourth-order valence-electron chi connectivity index (χ4n) is 3.67. The second-order valence-corrected chi connectivity index (χ2v) is 7.12. The molecule has 0 aromatic heterocycles. The van der Waals surface area contributed by atoms with Crippen LogP contribution >= 0.6 is 12.4 Å². The number of hydrogen-bond acceptors (Lipinski definition) is 2. The first-order valence-electron chi connectivity index (χ1n) is 9.32. The molecule has 3 nitrogen and oxygen atoms in total. The van der Waals surface area contributed by atoms with Crippen LogP contribution in [0, 0.1) is 5.92 Å². The van der Waals surface area contributed by atoms with E-state index in [1.807, 2.05) is 12.1 Å². The maximum atomic E-state index is 12.6. The summed E-state index contributed by atoms with van der Waals surface area (Å²) in [7, 11) is 0. The van der Waals surface area contributed by atoms with E-state index in [0.717, 1.165) is 25.8 Å². The van der Waals surface area contributed by atoms with Crippen LogP contribution in [0.2, 0.25) is 0 Å². The third-order valence-corrected chi connectivity index (χ3v) is 5.11. The van der Waals surface area contributed by atoms with E-state index in [1.165, 1.54) is 11.1 Å². The molecule has 140 valence electrons. The van der Waals surface area contributed by atoms with Crippen LogP contribution in [0.15, 0.2) is 60.7 Å². The third-order valence-electron chi connectivity index (χ3n) is 5.11. The molecule has 0 aliphatic carbocycles. The Bertz CT molecular complexity index is 662. The molecule has 1 aliphatic rings. The number of carbonyl (C=O) groups excluding carboxylic acids is 1. The number of rotatable bonds is 6. The van der Waals surface area contributed by atoms with Crippen LogP contribution < -0.4 is 10.6 Å². The highest BCUT2D eigenvalue weighted by Crippen LogP contribution is 2.21. The highest BCUT2D eigenvalue weighted by molar-refractivity contribution is 5.85. The van der Waals surface area contributed by atoms with Gasteiger partial charge < -0.3 is 10.6 Å². The van der Waals surface area contributed by atoms with Crippen LogP contribution in [0.5, 0.6) is 0 Å². The number of hydrogen-bond donors (Lipinski definition) is 2. The largest absolute Gasteiger partial charge is 0.355 e. The average Bonchev–Trinajstić information content (AvgIpc) is 2.66. The zero-order valence-electron chi connectivity index (χ0n) is 15.4. The first kappa shape index (κ1) is 20.5. The lowest BCUT2D eigenvalue weighted by Gasteiger charge is -2.28. The van der Waals surface area contributed by atoms with Gasteiger partial charge in [-0.15, -0.1) is 12.4 Å². The van der Waals surface area contributed by atoms with Gasteiger partial charge in [-0.3, -0.25) is 4.79 Å². The Balaban J connectivity index is 0.00000243. The minimum Gasteiger partial charge on any atom is -0.355 e. The fraction of sp³-hybridized carbons (Fsp3) is 0.409. The summed E-state index contributed by atoms with van der Waals surface area (Å²) >= 11 is 0. The Morgan fingerprint density at radius 3 is 2.42 bits per heavy atom. The van der Waals surface area contributed by atoms with Gasteiger partial charge in [0.15, 0.2) is 0 Å². The molecule has 2 N–H and O–H groups in total. The second-order valence-electron chi connectivity index (χ2n) is 7.12. The summed E-state index contributed by atoms with van der Waals surface area (Å²) in [5, 5.41) is 6.64. The van der Waals surface area contributed by atoms with Crippen LogP contribution in [-0.2, 0) is 11.2 Å². The molecule has 1 saturated heterocycles. The van der Waals surface area contributed by atoms with Crippen LogP contribution in [0.3, 0.4) is 0 Å². The monoisotopic (exact) mass is 372 g/mol. The Labute approximate surface area is 163 Å². The van der Waals surface area contributed by atoms with Crippen molar-refractivity contribution in [2.24, 2.45) is 5.92 Å². The minimum absolute atomic E-state index is 0. The minimum atomic E-state index is 0. The summed E-state index contributed by atoms with van der Waals surface area (Å²) < 4.78 is 0.